The predicted octanol–water partition coefficient (Wildman–Crippen LogP) is 1.70. The van der Waals surface area contributed by atoms with Crippen LogP contribution in [0.25, 0.3) is 0 Å². The Morgan fingerprint density at radius 1 is 1.20 bits per heavy atom. The zero-order valence-corrected chi connectivity index (χ0v) is 16.3. The first-order chi connectivity index (χ1) is 14.6. The van der Waals surface area contributed by atoms with Gasteiger partial charge in [0.15, 0.2) is 17.1 Å². The van der Waals surface area contributed by atoms with Crippen LogP contribution in [0.15, 0.2) is 47.0 Å². The number of allylic oxidation sites excluding steroid dienone is 1. The van der Waals surface area contributed by atoms with Gasteiger partial charge in [0, 0.05) is 19.0 Å². The van der Waals surface area contributed by atoms with Crippen molar-refractivity contribution in [1.29, 1.82) is 0 Å². The fraction of sp³-hybridized carbons (Fsp3) is 0.409. The van der Waals surface area contributed by atoms with E-state index in [0.717, 1.165) is 5.56 Å². The number of carbonyl (C=O) groups is 2. The van der Waals surface area contributed by atoms with Gasteiger partial charge in [-0.3, -0.25) is 14.5 Å². The molecular formula is C22H22N2O6. The molecule has 30 heavy (non-hydrogen) atoms. The number of hydrogen-bond acceptors (Lipinski definition) is 8. The molecule has 2 heterocycles. The molecule has 1 aromatic heterocycles. The first kappa shape index (κ1) is 19.2. The fourth-order valence-corrected chi connectivity index (χ4v) is 4.61. The van der Waals surface area contributed by atoms with Crippen LogP contribution in [0.4, 0.5) is 0 Å². The van der Waals surface area contributed by atoms with Crippen LogP contribution < -0.4 is 4.74 Å². The Kier molecular flexibility index (Phi) is 4.77. The molecule has 2 aliphatic carbocycles. The number of morpholine rings is 1. The van der Waals surface area contributed by atoms with E-state index in [1.807, 2.05) is 30.3 Å². The van der Waals surface area contributed by atoms with Crippen LogP contribution in [-0.2, 0) is 16.1 Å². The average molecular weight is 410 g/mol. The van der Waals surface area contributed by atoms with Crippen molar-refractivity contribution in [3.05, 3.63) is 59.4 Å². The highest BCUT2D eigenvalue weighted by Gasteiger charge is 2.61. The minimum Gasteiger partial charge on any atom is -0.470 e. The van der Waals surface area contributed by atoms with Crippen molar-refractivity contribution in [2.45, 2.75) is 24.7 Å². The van der Waals surface area contributed by atoms with Crippen LogP contribution in [-0.4, -0.2) is 58.6 Å². The number of ether oxygens (including phenoxy) is 2. The second-order valence-corrected chi connectivity index (χ2v) is 7.80. The van der Waals surface area contributed by atoms with Crippen molar-refractivity contribution in [3.8, 4) is 5.88 Å². The Morgan fingerprint density at radius 2 is 1.97 bits per heavy atom. The number of rotatable bonds is 4. The van der Waals surface area contributed by atoms with E-state index in [1.165, 1.54) is 6.08 Å². The first-order valence-corrected chi connectivity index (χ1v) is 10.1. The third-order valence-corrected chi connectivity index (χ3v) is 6.14. The first-order valence-electron chi connectivity index (χ1n) is 10.1. The molecule has 1 fully saturated rings. The average Bonchev–Trinajstić information content (AvgIpc) is 3.20. The highest BCUT2D eigenvalue weighted by molar-refractivity contribution is 6.23. The van der Waals surface area contributed by atoms with Crippen LogP contribution in [0.3, 0.4) is 0 Å². The van der Waals surface area contributed by atoms with Gasteiger partial charge >= 0.3 is 0 Å². The molecule has 0 bridgehead atoms. The summed E-state index contributed by atoms with van der Waals surface area (Å²) in [7, 11) is 0. The molecular weight excluding hydrogens is 388 g/mol. The van der Waals surface area contributed by atoms with Gasteiger partial charge in [-0.1, -0.05) is 36.4 Å². The number of benzene rings is 1. The third-order valence-electron chi connectivity index (χ3n) is 6.14. The highest BCUT2D eigenvalue weighted by atomic mass is 16.5. The highest BCUT2D eigenvalue weighted by Crippen LogP contribution is 2.50. The molecule has 2 aromatic rings. The Hall–Kier alpha value is -2.81. The quantitative estimate of drug-likeness (QED) is 0.760. The summed E-state index contributed by atoms with van der Waals surface area (Å²) < 4.78 is 16.9. The minimum atomic E-state index is -2.15. The summed E-state index contributed by atoms with van der Waals surface area (Å²) in [5.41, 5.74) is -1.19. The molecule has 0 amide bonds. The zero-order valence-electron chi connectivity index (χ0n) is 16.3. The molecule has 1 saturated heterocycles. The van der Waals surface area contributed by atoms with Gasteiger partial charge < -0.3 is 19.1 Å². The van der Waals surface area contributed by atoms with E-state index in [2.05, 4.69) is 10.1 Å². The minimum absolute atomic E-state index is 0.00587. The third kappa shape index (κ3) is 2.91. The fourth-order valence-electron chi connectivity index (χ4n) is 4.61. The summed E-state index contributed by atoms with van der Waals surface area (Å²) in [6.45, 7) is 2.44. The standard InChI is InChI=1S/C22H22N2O6/c25-16-8-4-7-15-18(24-9-11-28-12-10-24)19-17(20(26)22(15,16)27)21(23-30-19)29-13-14-5-2-1-3-6-14/h1-6,8,15,18,27H,7,9-13H2/t15?,18-,22+/m0/s1. The SMILES string of the molecule is O=C1C=CCC2[C@H](N3CCOCC3)c3onc(OCc4ccccc4)c3C(=O)[C@]12O. The van der Waals surface area contributed by atoms with Gasteiger partial charge in [-0.25, -0.2) is 0 Å². The van der Waals surface area contributed by atoms with Gasteiger partial charge in [0.2, 0.25) is 5.78 Å². The van der Waals surface area contributed by atoms with E-state index >= 15 is 0 Å². The number of Topliss-reactive ketones (excluding diaryl/α,β-unsaturated/α-hetero) is 1. The van der Waals surface area contributed by atoms with Gasteiger partial charge in [-0.2, -0.15) is 0 Å². The van der Waals surface area contributed by atoms with Crippen molar-refractivity contribution in [1.82, 2.24) is 10.1 Å². The maximum absolute atomic E-state index is 13.4. The number of hydrogen-bond donors (Lipinski definition) is 1. The van der Waals surface area contributed by atoms with E-state index in [1.54, 1.807) is 6.08 Å². The molecule has 3 aliphatic rings. The molecule has 1 aliphatic heterocycles. The van der Waals surface area contributed by atoms with Gasteiger partial charge in [0.05, 0.1) is 19.3 Å². The number of ketones is 2. The molecule has 8 heteroatoms. The van der Waals surface area contributed by atoms with E-state index < -0.39 is 29.1 Å². The smallest absolute Gasteiger partial charge is 0.265 e. The van der Waals surface area contributed by atoms with Crippen LogP contribution in [0, 0.1) is 5.92 Å². The molecule has 1 unspecified atom stereocenters. The maximum atomic E-state index is 13.4. The Balaban J connectivity index is 1.56. The molecule has 1 N–H and O–H groups in total. The number of aromatic nitrogens is 1. The van der Waals surface area contributed by atoms with Crippen molar-refractivity contribution in [3.63, 3.8) is 0 Å². The lowest BCUT2D eigenvalue weighted by Gasteiger charge is -2.46. The van der Waals surface area contributed by atoms with E-state index in [4.69, 9.17) is 14.0 Å². The number of fused-ring (bicyclic) bond motifs is 2. The van der Waals surface area contributed by atoms with Crippen LogP contribution in [0.1, 0.15) is 34.1 Å². The summed E-state index contributed by atoms with van der Waals surface area (Å²) in [5.74, 6) is -1.61. The van der Waals surface area contributed by atoms with Crippen molar-refractivity contribution >= 4 is 11.6 Å². The largest absolute Gasteiger partial charge is 0.470 e. The molecule has 5 rings (SSSR count). The molecule has 156 valence electrons. The van der Waals surface area contributed by atoms with Gasteiger partial charge in [-0.05, 0) is 23.2 Å². The summed E-state index contributed by atoms with van der Waals surface area (Å²) in [6.07, 6.45) is 3.38. The Morgan fingerprint density at radius 3 is 2.73 bits per heavy atom. The van der Waals surface area contributed by atoms with Gasteiger partial charge in [0.25, 0.3) is 5.88 Å². The Labute approximate surface area is 173 Å². The lowest BCUT2D eigenvalue weighted by Crippen LogP contribution is -2.61. The maximum Gasteiger partial charge on any atom is 0.265 e. The van der Waals surface area contributed by atoms with Gasteiger partial charge in [0.1, 0.15) is 12.2 Å². The summed E-state index contributed by atoms with van der Waals surface area (Å²) in [6, 6.07) is 8.99. The molecule has 0 saturated carbocycles. The van der Waals surface area contributed by atoms with Crippen LogP contribution in [0.5, 0.6) is 5.88 Å². The molecule has 0 spiro atoms. The zero-order chi connectivity index (χ0) is 20.7. The predicted molar refractivity (Wildman–Crippen MR) is 104 cm³/mol. The summed E-state index contributed by atoms with van der Waals surface area (Å²) in [5, 5.41) is 15.4. The monoisotopic (exact) mass is 410 g/mol. The van der Waals surface area contributed by atoms with E-state index in [0.29, 0.717) is 38.5 Å². The molecule has 1 aromatic carbocycles. The van der Waals surface area contributed by atoms with Crippen molar-refractivity contribution < 1.29 is 28.7 Å². The number of nitrogens with zero attached hydrogens (tertiary/aromatic N) is 2. The lowest BCUT2D eigenvalue weighted by atomic mass is 9.65. The van der Waals surface area contributed by atoms with Crippen molar-refractivity contribution in [2.75, 3.05) is 26.3 Å². The molecule has 8 nitrogen and oxygen atoms in total. The van der Waals surface area contributed by atoms with Crippen molar-refractivity contribution in [2.24, 2.45) is 5.92 Å². The van der Waals surface area contributed by atoms with E-state index in [9.17, 15) is 14.7 Å². The van der Waals surface area contributed by atoms with Crippen LogP contribution >= 0.6 is 0 Å². The summed E-state index contributed by atoms with van der Waals surface area (Å²) in [4.78, 5) is 28.2. The summed E-state index contributed by atoms with van der Waals surface area (Å²) >= 11 is 0. The second kappa shape index (κ2) is 7.46. The van der Waals surface area contributed by atoms with Crippen LogP contribution in [0.2, 0.25) is 0 Å². The second-order valence-electron chi connectivity index (χ2n) is 7.80. The Bertz CT molecular complexity index is 994. The lowest BCUT2D eigenvalue weighted by molar-refractivity contribution is -0.139. The van der Waals surface area contributed by atoms with Gasteiger partial charge in [-0.15, -0.1) is 0 Å². The molecule has 3 atom stereocenters. The number of aliphatic hydroxyl groups is 1. The topological polar surface area (TPSA) is 102 Å². The molecule has 0 radical (unpaired) electrons. The number of carbonyl (C=O) groups excluding carboxylic acids is 2. The van der Waals surface area contributed by atoms with E-state index in [-0.39, 0.29) is 18.1 Å². The normalized spacial score (nSPS) is 28.8.